The second-order valence-corrected chi connectivity index (χ2v) is 4.58. The lowest BCUT2D eigenvalue weighted by atomic mass is 10.5. The molecule has 0 aromatic carbocycles. The van der Waals surface area contributed by atoms with Gasteiger partial charge in [-0.3, -0.25) is 9.36 Å². The molecule has 0 bridgehead atoms. The van der Waals surface area contributed by atoms with Gasteiger partial charge in [-0.2, -0.15) is 0 Å². The molecule has 0 aliphatic carbocycles. The van der Waals surface area contributed by atoms with E-state index in [9.17, 15) is 4.79 Å². The van der Waals surface area contributed by atoms with Gasteiger partial charge in [0.05, 0.1) is 4.47 Å². The third-order valence-electron chi connectivity index (χ3n) is 1.70. The number of fused-ring (bicyclic) bond motifs is 1. The Morgan fingerprint density at radius 2 is 2.38 bits per heavy atom. The van der Waals surface area contributed by atoms with Crippen LogP contribution in [0.3, 0.4) is 0 Å². The van der Waals surface area contributed by atoms with Gasteiger partial charge in [0.2, 0.25) is 5.28 Å². The Morgan fingerprint density at radius 3 is 3.08 bits per heavy atom. The second-order valence-electron chi connectivity index (χ2n) is 2.51. The summed E-state index contributed by atoms with van der Waals surface area (Å²) in [5.41, 5.74) is 0.531. The monoisotopic (exact) mass is 278 g/mol. The van der Waals surface area contributed by atoms with Crippen molar-refractivity contribution in [1.82, 2.24) is 9.55 Å². The maximum absolute atomic E-state index is 11.6. The first-order valence-electron chi connectivity index (χ1n) is 3.40. The van der Waals surface area contributed by atoms with E-state index < -0.39 is 0 Å². The van der Waals surface area contributed by atoms with Gasteiger partial charge < -0.3 is 0 Å². The van der Waals surface area contributed by atoms with E-state index in [4.69, 9.17) is 11.6 Å². The molecule has 0 aliphatic heterocycles. The molecule has 2 heterocycles. The summed E-state index contributed by atoms with van der Waals surface area (Å²) in [4.78, 5) is 15.7. The van der Waals surface area contributed by atoms with Crippen molar-refractivity contribution in [3.8, 4) is 0 Å². The van der Waals surface area contributed by atoms with E-state index in [1.807, 2.05) is 5.38 Å². The van der Waals surface area contributed by atoms with Crippen LogP contribution in [0.5, 0.6) is 0 Å². The predicted molar refractivity (Wildman–Crippen MR) is 57.6 cm³/mol. The molecule has 2 rings (SSSR count). The van der Waals surface area contributed by atoms with Crippen LogP contribution in [0.25, 0.3) is 10.2 Å². The fraction of sp³-hybridized carbons (Fsp3) is 0.143. The Bertz CT molecular complexity index is 533. The highest BCUT2D eigenvalue weighted by Crippen LogP contribution is 2.26. The summed E-state index contributed by atoms with van der Waals surface area (Å²) in [7, 11) is 1.60. The van der Waals surface area contributed by atoms with Gasteiger partial charge in [-0.1, -0.05) is 0 Å². The first kappa shape index (κ1) is 9.18. The van der Waals surface area contributed by atoms with E-state index in [-0.39, 0.29) is 10.8 Å². The molecule has 0 N–H and O–H groups in total. The smallest absolute Gasteiger partial charge is 0.272 e. The summed E-state index contributed by atoms with van der Waals surface area (Å²) in [5.74, 6) is 0. The number of thiophene rings is 1. The van der Waals surface area contributed by atoms with Crippen LogP contribution < -0.4 is 5.56 Å². The normalized spacial score (nSPS) is 11.0. The zero-order chi connectivity index (χ0) is 9.59. The molecule has 6 heteroatoms. The lowest BCUT2D eigenvalue weighted by molar-refractivity contribution is 0.846. The van der Waals surface area contributed by atoms with E-state index in [0.717, 1.165) is 4.47 Å². The van der Waals surface area contributed by atoms with Crippen LogP contribution in [0.1, 0.15) is 0 Å². The van der Waals surface area contributed by atoms with Gasteiger partial charge in [0.1, 0.15) is 10.2 Å². The molecule has 0 saturated carbocycles. The van der Waals surface area contributed by atoms with E-state index in [1.54, 1.807) is 7.05 Å². The Kier molecular flexibility index (Phi) is 2.17. The fourth-order valence-electron chi connectivity index (χ4n) is 0.990. The molecule has 0 amide bonds. The minimum Gasteiger partial charge on any atom is -0.285 e. The Morgan fingerprint density at radius 1 is 1.69 bits per heavy atom. The number of rotatable bonds is 0. The average Bonchev–Trinajstić information content (AvgIpc) is 2.45. The SMILES string of the molecule is Cn1c(Cl)nc2c(Br)csc2c1=O. The van der Waals surface area contributed by atoms with Gasteiger partial charge >= 0.3 is 0 Å². The molecular formula is C7H4BrClN2OS. The Balaban J connectivity index is 3.05. The largest absolute Gasteiger partial charge is 0.285 e. The molecule has 0 atom stereocenters. The number of aromatic nitrogens is 2. The molecule has 0 unspecified atom stereocenters. The van der Waals surface area contributed by atoms with Crippen molar-refractivity contribution in [3.05, 3.63) is 25.5 Å². The van der Waals surface area contributed by atoms with Crippen LogP contribution in [0.15, 0.2) is 14.6 Å². The molecular weight excluding hydrogens is 276 g/mol. The van der Waals surface area contributed by atoms with Gasteiger partial charge in [0.25, 0.3) is 5.56 Å². The quantitative estimate of drug-likeness (QED) is 0.694. The summed E-state index contributed by atoms with van der Waals surface area (Å²) < 4.78 is 2.76. The first-order valence-corrected chi connectivity index (χ1v) is 5.45. The van der Waals surface area contributed by atoms with Crippen molar-refractivity contribution in [2.24, 2.45) is 7.05 Å². The van der Waals surface area contributed by atoms with Crippen LogP contribution in [0.4, 0.5) is 0 Å². The lowest BCUT2D eigenvalue weighted by Gasteiger charge is -1.99. The van der Waals surface area contributed by atoms with Crippen molar-refractivity contribution < 1.29 is 0 Å². The molecule has 2 aromatic heterocycles. The molecule has 68 valence electrons. The molecule has 13 heavy (non-hydrogen) atoms. The van der Waals surface area contributed by atoms with Crippen molar-refractivity contribution in [2.75, 3.05) is 0 Å². The predicted octanol–water partition coefficient (Wildman–Crippen LogP) is 2.41. The third kappa shape index (κ3) is 1.31. The summed E-state index contributed by atoms with van der Waals surface area (Å²) in [5, 5.41) is 2.03. The van der Waals surface area contributed by atoms with E-state index in [0.29, 0.717) is 10.2 Å². The van der Waals surface area contributed by atoms with E-state index in [1.165, 1.54) is 15.9 Å². The van der Waals surface area contributed by atoms with E-state index in [2.05, 4.69) is 20.9 Å². The zero-order valence-corrected chi connectivity index (χ0v) is 9.70. The molecule has 0 aliphatic rings. The van der Waals surface area contributed by atoms with Crippen LogP contribution in [0, 0.1) is 0 Å². The van der Waals surface area contributed by atoms with Crippen molar-refractivity contribution in [3.63, 3.8) is 0 Å². The number of hydrogen-bond donors (Lipinski definition) is 0. The van der Waals surface area contributed by atoms with Gasteiger partial charge in [-0.15, -0.1) is 11.3 Å². The van der Waals surface area contributed by atoms with Crippen molar-refractivity contribution in [2.45, 2.75) is 0 Å². The highest BCUT2D eigenvalue weighted by Gasteiger charge is 2.10. The number of nitrogens with zero attached hydrogens (tertiary/aromatic N) is 2. The first-order chi connectivity index (χ1) is 6.11. The number of hydrogen-bond acceptors (Lipinski definition) is 3. The minimum atomic E-state index is -0.106. The Labute approximate surface area is 91.1 Å². The summed E-state index contributed by atoms with van der Waals surface area (Å²) in [6, 6.07) is 0. The van der Waals surface area contributed by atoms with Crippen LogP contribution in [-0.4, -0.2) is 9.55 Å². The zero-order valence-electron chi connectivity index (χ0n) is 6.54. The standard InChI is InChI=1S/C7H4BrClN2OS/c1-11-6(12)5-4(10-7(11)9)3(8)2-13-5/h2H,1H3. The molecule has 0 fully saturated rings. The van der Waals surface area contributed by atoms with E-state index >= 15 is 0 Å². The van der Waals surface area contributed by atoms with Crippen molar-refractivity contribution >= 4 is 49.1 Å². The summed E-state index contributed by atoms with van der Waals surface area (Å²) >= 11 is 10.4. The van der Waals surface area contributed by atoms with Gasteiger partial charge in [0.15, 0.2) is 0 Å². The minimum absolute atomic E-state index is 0.106. The molecule has 0 radical (unpaired) electrons. The highest BCUT2D eigenvalue weighted by molar-refractivity contribution is 9.10. The van der Waals surface area contributed by atoms with Crippen LogP contribution in [0.2, 0.25) is 5.28 Å². The van der Waals surface area contributed by atoms with Gasteiger partial charge in [-0.05, 0) is 27.5 Å². The van der Waals surface area contributed by atoms with Gasteiger partial charge in [-0.25, -0.2) is 4.98 Å². The molecule has 3 nitrogen and oxygen atoms in total. The fourth-order valence-corrected chi connectivity index (χ4v) is 2.69. The Hall–Kier alpha value is -0.390. The van der Waals surface area contributed by atoms with Crippen LogP contribution in [-0.2, 0) is 7.05 Å². The summed E-state index contributed by atoms with van der Waals surface area (Å²) in [6.07, 6.45) is 0. The number of halogens is 2. The molecule has 0 saturated heterocycles. The third-order valence-corrected chi connectivity index (χ3v) is 3.90. The second kappa shape index (κ2) is 3.08. The lowest BCUT2D eigenvalue weighted by Crippen LogP contribution is -2.17. The van der Waals surface area contributed by atoms with Crippen molar-refractivity contribution in [1.29, 1.82) is 0 Å². The maximum atomic E-state index is 11.6. The topological polar surface area (TPSA) is 34.9 Å². The highest BCUT2D eigenvalue weighted by atomic mass is 79.9. The van der Waals surface area contributed by atoms with Crippen LogP contribution >= 0.6 is 38.9 Å². The summed E-state index contributed by atoms with van der Waals surface area (Å²) in [6.45, 7) is 0. The molecule has 0 spiro atoms. The average molecular weight is 280 g/mol. The van der Waals surface area contributed by atoms with Gasteiger partial charge in [0, 0.05) is 12.4 Å². The maximum Gasteiger partial charge on any atom is 0.272 e. The molecule has 2 aromatic rings.